The van der Waals surface area contributed by atoms with Crippen LogP contribution in [0.4, 0.5) is 0 Å². The average Bonchev–Trinajstić information content (AvgIpc) is 2.51. The number of thioether (sulfide) groups is 1. The number of nitrogens with zero attached hydrogens (tertiary/aromatic N) is 1. The number of carbonyl (C=O) groups is 2. The van der Waals surface area contributed by atoms with Crippen LogP contribution in [0.25, 0.3) is 6.08 Å². The second kappa shape index (κ2) is 8.22. The van der Waals surface area contributed by atoms with Gasteiger partial charge in [-0.1, -0.05) is 11.8 Å². The van der Waals surface area contributed by atoms with E-state index in [1.54, 1.807) is 11.5 Å². The number of amides is 1. The normalized spacial score (nSPS) is 16.3. The standard InChI is InChI=1S/C17H20NO6PS/c1-11-8-14(9-12(2)16(11)24-13(3)19)10-15-17(20)18(5-7-26-15)4-6-25(21,22)23/h5,7-10H,4,6H2,1-3H3,(H2,21,22,23). The zero-order valence-electron chi connectivity index (χ0n) is 14.6. The molecule has 1 aromatic carbocycles. The summed E-state index contributed by atoms with van der Waals surface area (Å²) in [6.07, 6.45) is 2.83. The Bertz CT molecular complexity index is 819. The lowest BCUT2D eigenvalue weighted by molar-refractivity contribution is -0.132. The minimum Gasteiger partial charge on any atom is -0.426 e. The Morgan fingerprint density at radius 2 is 1.92 bits per heavy atom. The number of benzene rings is 1. The second-order valence-corrected chi connectivity index (χ2v) is 8.60. The number of hydrogen-bond donors (Lipinski definition) is 2. The van der Waals surface area contributed by atoms with E-state index in [1.165, 1.54) is 29.8 Å². The highest BCUT2D eigenvalue weighted by Crippen LogP contribution is 2.35. The molecular formula is C17H20NO6PS. The van der Waals surface area contributed by atoms with Crippen LogP contribution in [0, 0.1) is 13.8 Å². The first-order valence-corrected chi connectivity index (χ1v) is 10.4. The molecule has 2 N–H and O–H groups in total. The molecule has 0 radical (unpaired) electrons. The van der Waals surface area contributed by atoms with Gasteiger partial charge in [-0.2, -0.15) is 0 Å². The number of aryl methyl sites for hydroxylation is 2. The molecule has 0 saturated carbocycles. The predicted molar refractivity (Wildman–Crippen MR) is 101 cm³/mol. The fourth-order valence-corrected chi connectivity index (χ4v) is 3.72. The molecule has 7 nitrogen and oxygen atoms in total. The van der Waals surface area contributed by atoms with E-state index in [2.05, 4.69) is 0 Å². The average molecular weight is 397 g/mol. The minimum absolute atomic E-state index is 0.0546. The van der Waals surface area contributed by atoms with Gasteiger partial charge in [-0.15, -0.1) is 0 Å². The van der Waals surface area contributed by atoms with E-state index in [1.807, 2.05) is 26.0 Å². The van der Waals surface area contributed by atoms with Crippen molar-refractivity contribution in [1.29, 1.82) is 0 Å². The summed E-state index contributed by atoms with van der Waals surface area (Å²) in [6, 6.07) is 3.62. The highest BCUT2D eigenvalue weighted by Gasteiger charge is 2.23. The van der Waals surface area contributed by atoms with Crippen LogP contribution in [0.1, 0.15) is 23.6 Å². The third kappa shape index (κ3) is 5.57. The van der Waals surface area contributed by atoms with Crippen LogP contribution in [-0.2, 0) is 14.2 Å². The largest absolute Gasteiger partial charge is 0.426 e. The number of rotatable bonds is 5. The van der Waals surface area contributed by atoms with Gasteiger partial charge in [0.25, 0.3) is 5.91 Å². The molecule has 0 fully saturated rings. The van der Waals surface area contributed by atoms with E-state index < -0.39 is 19.7 Å². The highest BCUT2D eigenvalue weighted by molar-refractivity contribution is 8.06. The molecule has 0 spiro atoms. The summed E-state index contributed by atoms with van der Waals surface area (Å²) in [5.74, 6) is -0.207. The molecule has 9 heteroatoms. The first-order chi connectivity index (χ1) is 12.1. The van der Waals surface area contributed by atoms with Crippen molar-refractivity contribution in [2.24, 2.45) is 0 Å². The summed E-state index contributed by atoms with van der Waals surface area (Å²) in [6.45, 7) is 4.91. The predicted octanol–water partition coefficient (Wildman–Crippen LogP) is 2.79. The van der Waals surface area contributed by atoms with E-state index in [4.69, 9.17) is 14.5 Å². The number of ether oxygens (including phenoxy) is 1. The van der Waals surface area contributed by atoms with Crippen molar-refractivity contribution >= 4 is 37.3 Å². The molecule has 0 aromatic heterocycles. The maximum absolute atomic E-state index is 12.5. The van der Waals surface area contributed by atoms with E-state index in [9.17, 15) is 14.2 Å². The van der Waals surface area contributed by atoms with Crippen LogP contribution in [0.15, 0.2) is 28.6 Å². The molecule has 1 amide bonds. The molecule has 0 bridgehead atoms. The molecule has 1 heterocycles. The molecule has 0 saturated heterocycles. The monoisotopic (exact) mass is 397 g/mol. The van der Waals surface area contributed by atoms with Gasteiger partial charge in [0.15, 0.2) is 0 Å². The Kier molecular flexibility index (Phi) is 6.47. The SMILES string of the molecule is CC(=O)Oc1c(C)cc(C=C2SC=CN(CCP(=O)(O)O)C2=O)cc1C. The number of hydrogen-bond acceptors (Lipinski definition) is 5. The maximum atomic E-state index is 12.5. The number of carbonyl (C=O) groups excluding carboxylic acids is 2. The first kappa shape index (κ1) is 20.5. The Hall–Kier alpha value is -1.86. The summed E-state index contributed by atoms with van der Waals surface area (Å²) in [5.41, 5.74) is 2.32. The van der Waals surface area contributed by atoms with Crippen molar-refractivity contribution in [1.82, 2.24) is 4.90 Å². The molecule has 1 aromatic rings. The first-order valence-electron chi connectivity index (χ1n) is 7.77. The molecule has 1 aliphatic rings. The minimum atomic E-state index is -4.17. The molecule has 1 aliphatic heterocycles. The zero-order chi connectivity index (χ0) is 19.5. The van der Waals surface area contributed by atoms with Gasteiger partial charge in [0, 0.05) is 19.7 Å². The van der Waals surface area contributed by atoms with Crippen molar-refractivity contribution in [2.45, 2.75) is 20.8 Å². The summed E-state index contributed by atoms with van der Waals surface area (Å²) in [4.78, 5) is 43.4. The van der Waals surface area contributed by atoms with E-state index in [0.29, 0.717) is 10.7 Å². The van der Waals surface area contributed by atoms with Crippen molar-refractivity contribution in [3.05, 3.63) is 45.3 Å². The van der Waals surface area contributed by atoms with Crippen LogP contribution in [0.2, 0.25) is 0 Å². The third-order valence-electron chi connectivity index (χ3n) is 3.57. The van der Waals surface area contributed by atoms with Gasteiger partial charge in [0.1, 0.15) is 5.75 Å². The van der Waals surface area contributed by atoms with Crippen molar-refractivity contribution in [3.8, 4) is 5.75 Å². The lowest BCUT2D eigenvalue weighted by atomic mass is 10.1. The molecule has 140 valence electrons. The smallest absolute Gasteiger partial charge is 0.327 e. The van der Waals surface area contributed by atoms with Gasteiger partial charge in [0.2, 0.25) is 0 Å². The molecule has 0 unspecified atom stereocenters. The maximum Gasteiger partial charge on any atom is 0.327 e. The van der Waals surface area contributed by atoms with Crippen LogP contribution in [0.5, 0.6) is 5.75 Å². The molecule has 2 rings (SSSR count). The number of esters is 1. The van der Waals surface area contributed by atoms with Crippen LogP contribution < -0.4 is 4.74 Å². The summed E-state index contributed by atoms with van der Waals surface area (Å²) in [5, 5.41) is 1.69. The van der Waals surface area contributed by atoms with Gasteiger partial charge >= 0.3 is 13.6 Å². The molecular weight excluding hydrogens is 377 g/mol. The van der Waals surface area contributed by atoms with E-state index >= 15 is 0 Å². The topological polar surface area (TPSA) is 104 Å². The van der Waals surface area contributed by atoms with Gasteiger partial charge in [0.05, 0.1) is 11.1 Å². The lowest BCUT2D eigenvalue weighted by Crippen LogP contribution is -2.30. The summed E-state index contributed by atoms with van der Waals surface area (Å²) >= 11 is 1.24. The van der Waals surface area contributed by atoms with Gasteiger partial charge in [-0.25, -0.2) is 0 Å². The van der Waals surface area contributed by atoms with Gasteiger partial charge < -0.3 is 19.4 Å². The second-order valence-electron chi connectivity index (χ2n) is 5.88. The van der Waals surface area contributed by atoms with Crippen LogP contribution >= 0.6 is 19.4 Å². The van der Waals surface area contributed by atoms with E-state index in [0.717, 1.165) is 16.7 Å². The van der Waals surface area contributed by atoms with Crippen LogP contribution in [-0.4, -0.2) is 39.3 Å². The third-order valence-corrected chi connectivity index (χ3v) is 5.15. The Morgan fingerprint density at radius 1 is 1.31 bits per heavy atom. The fourth-order valence-electron chi connectivity index (χ4n) is 2.47. The quantitative estimate of drug-likeness (QED) is 0.341. The van der Waals surface area contributed by atoms with Gasteiger partial charge in [-0.3, -0.25) is 14.2 Å². The van der Waals surface area contributed by atoms with Crippen molar-refractivity contribution in [2.75, 3.05) is 12.7 Å². The summed E-state index contributed by atoms with van der Waals surface area (Å²) in [7, 11) is -4.17. The molecule has 0 aliphatic carbocycles. The highest BCUT2D eigenvalue weighted by atomic mass is 32.2. The van der Waals surface area contributed by atoms with E-state index in [-0.39, 0.29) is 12.5 Å². The molecule has 0 atom stereocenters. The Labute approximate surface area is 155 Å². The Morgan fingerprint density at radius 3 is 2.46 bits per heavy atom. The summed E-state index contributed by atoms with van der Waals surface area (Å²) < 4.78 is 16.2. The Balaban J connectivity index is 2.24. The fraction of sp³-hybridized carbons (Fsp3) is 0.294. The van der Waals surface area contributed by atoms with Gasteiger partial charge in [-0.05, 0) is 54.2 Å². The lowest BCUT2D eigenvalue weighted by Gasteiger charge is -2.23. The van der Waals surface area contributed by atoms with Crippen molar-refractivity contribution in [3.63, 3.8) is 0 Å². The molecule has 26 heavy (non-hydrogen) atoms. The van der Waals surface area contributed by atoms with Crippen LogP contribution in [0.3, 0.4) is 0 Å². The zero-order valence-corrected chi connectivity index (χ0v) is 16.3. The van der Waals surface area contributed by atoms with Crippen molar-refractivity contribution < 1.29 is 28.7 Å².